The Balaban J connectivity index is 1.53. The summed E-state index contributed by atoms with van der Waals surface area (Å²) in [6.07, 6.45) is 2.82. The van der Waals surface area contributed by atoms with Gasteiger partial charge in [-0.15, -0.1) is 0 Å². The molecule has 0 aromatic heterocycles. The highest BCUT2D eigenvalue weighted by Crippen LogP contribution is 2.34. The Kier molecular flexibility index (Phi) is 8.02. The Labute approximate surface area is 201 Å². The second-order valence-electron chi connectivity index (χ2n) is 7.52. The maximum atomic E-state index is 13.3. The second-order valence-corrected chi connectivity index (χ2v) is 9.44. The highest BCUT2D eigenvalue weighted by Gasteiger charge is 2.33. The first-order chi connectivity index (χ1) is 15.6. The smallest absolute Gasteiger partial charge is 0.266 e. The largest absolute Gasteiger partial charge is 0.497 e. The molecule has 32 heavy (non-hydrogen) atoms. The van der Waals surface area contributed by atoms with Crippen LogP contribution in [0.15, 0.2) is 62.9 Å². The first-order valence-corrected chi connectivity index (χ1v) is 12.2. The highest BCUT2D eigenvalue weighted by molar-refractivity contribution is 9.10. The first kappa shape index (κ1) is 23.0. The van der Waals surface area contributed by atoms with Crippen LogP contribution in [0.2, 0.25) is 0 Å². The Morgan fingerprint density at radius 3 is 2.50 bits per heavy atom. The van der Waals surface area contributed by atoms with Gasteiger partial charge in [0.15, 0.2) is 5.17 Å². The van der Waals surface area contributed by atoms with E-state index < -0.39 is 0 Å². The summed E-state index contributed by atoms with van der Waals surface area (Å²) >= 11 is 4.88. The second kappa shape index (κ2) is 11.1. The fourth-order valence-electron chi connectivity index (χ4n) is 3.54. The van der Waals surface area contributed by atoms with Gasteiger partial charge in [-0.3, -0.25) is 14.6 Å². The molecule has 0 radical (unpaired) electrons. The molecule has 8 heteroatoms. The van der Waals surface area contributed by atoms with Gasteiger partial charge in [0.2, 0.25) is 0 Å². The molecule has 2 aliphatic rings. The van der Waals surface area contributed by atoms with Crippen molar-refractivity contribution in [2.24, 2.45) is 4.99 Å². The van der Waals surface area contributed by atoms with Crippen LogP contribution in [0.1, 0.15) is 12.0 Å². The lowest BCUT2D eigenvalue weighted by Gasteiger charge is -2.27. The number of nitrogens with zero attached hydrogens (tertiary/aromatic N) is 3. The van der Waals surface area contributed by atoms with Crippen molar-refractivity contribution in [3.63, 3.8) is 0 Å². The number of hydrogen-bond donors (Lipinski definition) is 0. The third kappa shape index (κ3) is 6.01. The van der Waals surface area contributed by atoms with E-state index in [0.29, 0.717) is 16.6 Å². The molecule has 4 rings (SSSR count). The Morgan fingerprint density at radius 1 is 1.09 bits per heavy atom. The van der Waals surface area contributed by atoms with Gasteiger partial charge >= 0.3 is 0 Å². The van der Waals surface area contributed by atoms with E-state index in [4.69, 9.17) is 14.5 Å². The molecule has 2 aromatic carbocycles. The number of hydrogen-bond acceptors (Lipinski definition) is 6. The molecule has 168 valence electrons. The molecule has 2 heterocycles. The minimum atomic E-state index is 0.00663. The fourth-order valence-corrected chi connectivity index (χ4v) is 4.83. The Hall–Kier alpha value is -2.13. The van der Waals surface area contributed by atoms with Crippen LogP contribution in [0.4, 0.5) is 5.69 Å². The minimum absolute atomic E-state index is 0.00663. The summed E-state index contributed by atoms with van der Waals surface area (Å²) in [7, 11) is 1.64. The fraction of sp³-hybridized carbons (Fsp3) is 0.333. The molecule has 6 nitrogen and oxygen atoms in total. The van der Waals surface area contributed by atoms with E-state index >= 15 is 0 Å². The molecular weight excluding hydrogens is 490 g/mol. The molecule has 2 saturated heterocycles. The average Bonchev–Trinajstić information content (AvgIpc) is 3.10. The van der Waals surface area contributed by atoms with Crippen molar-refractivity contribution in [1.82, 2.24) is 9.80 Å². The lowest BCUT2D eigenvalue weighted by molar-refractivity contribution is -0.122. The SMILES string of the molecule is COc1ccc(N=C2S/C(=C\c3ccc(Br)cc3)C(=O)N2CCCN2CCOCC2)cc1. The van der Waals surface area contributed by atoms with Crippen LogP contribution in [-0.4, -0.2) is 67.4 Å². The molecule has 0 spiro atoms. The van der Waals surface area contributed by atoms with Gasteiger partial charge in [-0.2, -0.15) is 0 Å². The number of ether oxygens (including phenoxy) is 2. The van der Waals surface area contributed by atoms with Crippen LogP contribution < -0.4 is 4.74 Å². The summed E-state index contributed by atoms with van der Waals surface area (Å²) in [6.45, 7) is 5.04. The summed E-state index contributed by atoms with van der Waals surface area (Å²) in [4.78, 5) is 22.9. The quantitative estimate of drug-likeness (QED) is 0.496. The lowest BCUT2D eigenvalue weighted by atomic mass is 10.2. The van der Waals surface area contributed by atoms with Gasteiger partial charge in [0.1, 0.15) is 5.75 Å². The maximum Gasteiger partial charge on any atom is 0.266 e. The summed E-state index contributed by atoms with van der Waals surface area (Å²) in [5.41, 5.74) is 1.78. The normalized spacial score (nSPS) is 19.8. The number of rotatable bonds is 7. The van der Waals surface area contributed by atoms with Crippen molar-refractivity contribution < 1.29 is 14.3 Å². The van der Waals surface area contributed by atoms with Gasteiger partial charge in [-0.25, -0.2) is 4.99 Å². The van der Waals surface area contributed by atoms with Crippen molar-refractivity contribution in [1.29, 1.82) is 0 Å². The number of halogens is 1. The molecule has 0 bridgehead atoms. The molecule has 2 aliphatic heterocycles. The standard InChI is InChI=1S/C24H26BrN3O3S/c1-30-21-9-7-20(8-10-21)26-24-28(12-2-11-27-13-15-31-16-14-27)23(29)22(32-24)17-18-3-5-19(25)6-4-18/h3-10,17H,2,11-16H2,1H3/b22-17-,26-24?. The molecule has 0 saturated carbocycles. The molecular formula is C24H26BrN3O3S. The topological polar surface area (TPSA) is 54.4 Å². The number of benzene rings is 2. The van der Waals surface area contributed by atoms with Crippen molar-refractivity contribution in [2.75, 3.05) is 46.5 Å². The van der Waals surface area contributed by atoms with Crippen LogP contribution in [0.5, 0.6) is 5.75 Å². The number of amidine groups is 1. The molecule has 0 aliphatic carbocycles. The van der Waals surface area contributed by atoms with Crippen LogP contribution in [-0.2, 0) is 9.53 Å². The van der Waals surface area contributed by atoms with Crippen LogP contribution >= 0.6 is 27.7 Å². The van der Waals surface area contributed by atoms with E-state index in [-0.39, 0.29) is 5.91 Å². The van der Waals surface area contributed by atoms with E-state index in [9.17, 15) is 4.79 Å². The molecule has 0 atom stereocenters. The molecule has 1 amide bonds. The third-order valence-corrected chi connectivity index (χ3v) is 6.85. The molecule has 0 N–H and O–H groups in total. The van der Waals surface area contributed by atoms with E-state index in [2.05, 4.69) is 20.8 Å². The zero-order valence-corrected chi connectivity index (χ0v) is 20.4. The number of thioether (sulfide) groups is 1. The van der Waals surface area contributed by atoms with E-state index in [1.807, 2.05) is 54.6 Å². The number of carbonyl (C=O) groups excluding carboxylic acids is 1. The van der Waals surface area contributed by atoms with Crippen molar-refractivity contribution >= 4 is 50.5 Å². The van der Waals surface area contributed by atoms with Gasteiger partial charge < -0.3 is 9.47 Å². The van der Waals surface area contributed by atoms with Gasteiger partial charge in [0, 0.05) is 30.7 Å². The van der Waals surface area contributed by atoms with Crippen LogP contribution in [0.25, 0.3) is 6.08 Å². The first-order valence-electron chi connectivity index (χ1n) is 10.6. The lowest BCUT2D eigenvalue weighted by Crippen LogP contribution is -2.38. The van der Waals surface area contributed by atoms with E-state index in [1.165, 1.54) is 11.8 Å². The van der Waals surface area contributed by atoms with E-state index in [0.717, 1.165) is 60.7 Å². The predicted molar refractivity (Wildman–Crippen MR) is 133 cm³/mol. The zero-order valence-electron chi connectivity index (χ0n) is 18.0. The average molecular weight is 516 g/mol. The number of methoxy groups -OCH3 is 1. The summed E-state index contributed by atoms with van der Waals surface area (Å²) in [5.74, 6) is 0.787. The number of aliphatic imine (C=N–C) groups is 1. The maximum absolute atomic E-state index is 13.3. The molecule has 0 unspecified atom stereocenters. The van der Waals surface area contributed by atoms with E-state index in [1.54, 1.807) is 12.0 Å². The Bertz CT molecular complexity index is 987. The Morgan fingerprint density at radius 2 is 1.81 bits per heavy atom. The van der Waals surface area contributed by atoms with Crippen LogP contribution in [0.3, 0.4) is 0 Å². The minimum Gasteiger partial charge on any atom is -0.497 e. The summed E-state index contributed by atoms with van der Waals surface area (Å²) in [5, 5.41) is 0.713. The van der Waals surface area contributed by atoms with Crippen molar-refractivity contribution in [3.05, 3.63) is 63.5 Å². The van der Waals surface area contributed by atoms with Gasteiger partial charge in [-0.05, 0) is 66.2 Å². The molecule has 2 fully saturated rings. The third-order valence-electron chi connectivity index (χ3n) is 5.31. The van der Waals surface area contributed by atoms with Gasteiger partial charge in [0.05, 0.1) is 30.9 Å². The summed E-state index contributed by atoms with van der Waals surface area (Å²) < 4.78 is 11.7. The highest BCUT2D eigenvalue weighted by atomic mass is 79.9. The number of amides is 1. The molecule has 2 aromatic rings. The van der Waals surface area contributed by atoms with Crippen molar-refractivity contribution in [2.45, 2.75) is 6.42 Å². The predicted octanol–water partition coefficient (Wildman–Crippen LogP) is 4.78. The van der Waals surface area contributed by atoms with Gasteiger partial charge in [0.25, 0.3) is 5.91 Å². The summed E-state index contributed by atoms with van der Waals surface area (Å²) in [6, 6.07) is 15.5. The number of carbonyl (C=O) groups is 1. The van der Waals surface area contributed by atoms with Gasteiger partial charge in [-0.1, -0.05) is 28.1 Å². The van der Waals surface area contributed by atoms with Crippen LogP contribution in [0, 0.1) is 0 Å². The number of morpholine rings is 1. The monoisotopic (exact) mass is 515 g/mol. The van der Waals surface area contributed by atoms with Crippen molar-refractivity contribution in [3.8, 4) is 5.75 Å². The zero-order chi connectivity index (χ0) is 22.3.